The number of hydrogen-bond acceptors (Lipinski definition) is 5. The Morgan fingerprint density at radius 2 is 1.95 bits per heavy atom. The molecule has 119 valence electrons. The second-order valence-electron chi connectivity index (χ2n) is 4.45. The third kappa shape index (κ3) is 4.70. The number of amides is 2. The van der Waals surface area contributed by atoms with Gasteiger partial charge in [-0.15, -0.1) is 0 Å². The standard InChI is InChI=1S/C11H13I3N2O5.Na/c1-3(2-17)16-10(20)5-7(13)8(18)6(12)4(9(15)19)11(5,14)21;/h3,5,17-18,21H,2H2,1H3,(H2,15,19)(H,16,20);. The van der Waals surface area contributed by atoms with Gasteiger partial charge in [-0.25, -0.2) is 0 Å². The molecular weight excluding hydrogens is 644 g/mol. The number of nitrogens with one attached hydrogen (secondary N) is 1. The zero-order valence-electron chi connectivity index (χ0n) is 11.7. The summed E-state index contributed by atoms with van der Waals surface area (Å²) in [6.07, 6.45) is 0. The van der Waals surface area contributed by atoms with Gasteiger partial charge in [-0.2, -0.15) is 0 Å². The Morgan fingerprint density at radius 1 is 1.45 bits per heavy atom. The van der Waals surface area contributed by atoms with Gasteiger partial charge in [0, 0.05) is 35.6 Å². The predicted molar refractivity (Wildman–Crippen MR) is 107 cm³/mol. The minimum absolute atomic E-state index is 0. The smallest absolute Gasteiger partial charge is 0.249 e. The van der Waals surface area contributed by atoms with E-state index in [4.69, 9.17) is 10.8 Å². The zero-order chi connectivity index (χ0) is 16.5. The normalized spacial score (nSPS) is 26.4. The molecule has 3 atom stereocenters. The molecule has 0 saturated carbocycles. The monoisotopic (exact) mass is 657 g/mol. The summed E-state index contributed by atoms with van der Waals surface area (Å²) in [6, 6.07) is -0.530. The molecule has 2 amide bonds. The Balaban J connectivity index is 0.00000441. The maximum absolute atomic E-state index is 12.3. The van der Waals surface area contributed by atoms with Crippen molar-refractivity contribution in [3.63, 3.8) is 0 Å². The Labute approximate surface area is 190 Å². The van der Waals surface area contributed by atoms with Crippen molar-refractivity contribution in [3.8, 4) is 0 Å². The van der Waals surface area contributed by atoms with Crippen LogP contribution in [-0.2, 0) is 9.59 Å². The fraction of sp³-hybridized carbons (Fsp3) is 0.455. The van der Waals surface area contributed by atoms with Crippen molar-refractivity contribution in [2.24, 2.45) is 11.7 Å². The molecule has 1 aliphatic rings. The first-order valence-electron chi connectivity index (χ1n) is 5.67. The number of alkyl halides is 1. The van der Waals surface area contributed by atoms with E-state index in [0.29, 0.717) is 0 Å². The number of aliphatic hydroxyl groups is 3. The third-order valence-electron chi connectivity index (χ3n) is 2.81. The van der Waals surface area contributed by atoms with Gasteiger partial charge in [-0.05, 0) is 74.7 Å². The van der Waals surface area contributed by atoms with E-state index in [1.54, 1.807) is 74.7 Å². The van der Waals surface area contributed by atoms with E-state index in [1.165, 1.54) is 0 Å². The molecule has 1 aliphatic carbocycles. The fourth-order valence-corrected chi connectivity index (χ4v) is 6.50. The van der Waals surface area contributed by atoms with Crippen LogP contribution in [0.2, 0.25) is 0 Å². The molecule has 22 heavy (non-hydrogen) atoms. The second-order valence-corrected chi connectivity index (χ2v) is 8.33. The van der Waals surface area contributed by atoms with Crippen LogP contribution in [0.25, 0.3) is 0 Å². The number of halogens is 3. The molecule has 0 fully saturated rings. The quantitative estimate of drug-likeness (QED) is 0.168. The van der Waals surface area contributed by atoms with Crippen molar-refractivity contribution < 1.29 is 24.9 Å². The van der Waals surface area contributed by atoms with E-state index in [0.717, 1.165) is 0 Å². The molecule has 0 aromatic rings. The minimum atomic E-state index is -1.89. The Bertz CT molecular complexity index is 550. The SMILES string of the molecule is CC(CO)NC(=O)C1C(I)=C(O)C(I)=C(C(N)=O)C1(O)I.[Na]. The molecule has 0 aromatic heterocycles. The van der Waals surface area contributed by atoms with E-state index in [9.17, 15) is 19.8 Å². The van der Waals surface area contributed by atoms with Gasteiger partial charge in [-0.3, -0.25) is 9.59 Å². The average molecular weight is 657 g/mol. The van der Waals surface area contributed by atoms with Crippen LogP contribution in [0.4, 0.5) is 0 Å². The molecule has 0 aromatic carbocycles. The molecule has 0 heterocycles. The average Bonchev–Trinajstić information content (AvgIpc) is 2.34. The number of hydrogen-bond donors (Lipinski definition) is 5. The van der Waals surface area contributed by atoms with Crippen molar-refractivity contribution in [2.75, 3.05) is 6.61 Å². The minimum Gasteiger partial charge on any atom is -0.506 e. The largest absolute Gasteiger partial charge is 0.506 e. The zero-order valence-corrected chi connectivity index (χ0v) is 20.2. The Kier molecular flexibility index (Phi) is 9.70. The van der Waals surface area contributed by atoms with Crippen LogP contribution in [0, 0.1) is 5.92 Å². The van der Waals surface area contributed by atoms with Gasteiger partial charge >= 0.3 is 0 Å². The third-order valence-corrected chi connectivity index (χ3v) is 6.16. The summed E-state index contributed by atoms with van der Waals surface area (Å²) in [5, 5.41) is 32.2. The number of aliphatic hydroxyl groups excluding tert-OH is 2. The number of nitrogens with two attached hydrogens (primary N) is 1. The van der Waals surface area contributed by atoms with Crippen LogP contribution in [0.1, 0.15) is 6.92 Å². The molecule has 0 aliphatic heterocycles. The van der Waals surface area contributed by atoms with Crippen LogP contribution < -0.4 is 11.1 Å². The second kappa shape index (κ2) is 9.15. The number of rotatable bonds is 4. The topological polar surface area (TPSA) is 133 Å². The molecule has 0 bridgehead atoms. The number of carbonyl (C=O) groups is 2. The molecule has 1 rings (SSSR count). The van der Waals surface area contributed by atoms with Gasteiger partial charge in [-0.1, -0.05) is 0 Å². The molecule has 0 spiro atoms. The summed E-state index contributed by atoms with van der Waals surface area (Å²) in [6.45, 7) is 1.30. The van der Waals surface area contributed by atoms with E-state index in [2.05, 4.69) is 5.32 Å². The predicted octanol–water partition coefficient (Wildman–Crippen LogP) is 0.235. The van der Waals surface area contributed by atoms with Crippen LogP contribution in [-0.4, -0.2) is 72.9 Å². The molecule has 1 radical (unpaired) electrons. The van der Waals surface area contributed by atoms with Crippen LogP contribution >= 0.6 is 67.8 Å². The first-order chi connectivity index (χ1) is 9.55. The Morgan fingerprint density at radius 3 is 2.36 bits per heavy atom. The molecule has 6 N–H and O–H groups in total. The first kappa shape index (κ1) is 23.3. The summed E-state index contributed by atoms with van der Waals surface area (Å²) in [5.74, 6) is -3.00. The number of primary amides is 1. The van der Waals surface area contributed by atoms with Crippen molar-refractivity contribution in [3.05, 3.63) is 18.5 Å². The molecule has 0 saturated heterocycles. The van der Waals surface area contributed by atoms with Gasteiger partial charge in [0.2, 0.25) is 11.8 Å². The van der Waals surface area contributed by atoms with Crippen LogP contribution in [0.15, 0.2) is 18.5 Å². The van der Waals surface area contributed by atoms with E-state index < -0.39 is 27.4 Å². The summed E-state index contributed by atoms with van der Waals surface area (Å²) < 4.78 is -1.58. The molecular formula is C11H13I3N2NaO5. The summed E-state index contributed by atoms with van der Waals surface area (Å²) in [5.41, 5.74) is 5.03. The van der Waals surface area contributed by atoms with Crippen molar-refractivity contribution in [1.82, 2.24) is 5.32 Å². The van der Waals surface area contributed by atoms with Crippen molar-refractivity contribution in [1.29, 1.82) is 0 Å². The number of allylic oxidation sites excluding steroid dienone is 1. The van der Waals surface area contributed by atoms with Gasteiger partial charge in [0.1, 0.15) is 11.7 Å². The molecule has 11 heteroatoms. The Hall–Kier alpha value is 1.33. The summed E-state index contributed by atoms with van der Waals surface area (Å²) >= 11 is 5.00. The van der Waals surface area contributed by atoms with E-state index in [1.807, 2.05) is 0 Å². The van der Waals surface area contributed by atoms with Gasteiger partial charge in [0.15, 0.2) is 3.61 Å². The van der Waals surface area contributed by atoms with Crippen LogP contribution in [0.5, 0.6) is 0 Å². The molecule has 7 nitrogen and oxygen atoms in total. The van der Waals surface area contributed by atoms with E-state index in [-0.39, 0.29) is 54.7 Å². The number of carbonyl (C=O) groups excluding carboxylic acids is 2. The first-order valence-corrected chi connectivity index (χ1v) is 8.90. The maximum Gasteiger partial charge on any atom is 0.249 e. The maximum atomic E-state index is 12.3. The van der Waals surface area contributed by atoms with Gasteiger partial charge < -0.3 is 26.4 Å². The fourth-order valence-electron chi connectivity index (χ4n) is 1.77. The van der Waals surface area contributed by atoms with Gasteiger partial charge in [0.05, 0.1) is 19.3 Å². The van der Waals surface area contributed by atoms with Crippen molar-refractivity contribution >= 4 is 109 Å². The molecule has 3 unspecified atom stereocenters. The van der Waals surface area contributed by atoms with Crippen molar-refractivity contribution in [2.45, 2.75) is 16.6 Å². The van der Waals surface area contributed by atoms with Gasteiger partial charge in [0.25, 0.3) is 0 Å². The van der Waals surface area contributed by atoms with Crippen LogP contribution in [0.3, 0.4) is 0 Å². The van der Waals surface area contributed by atoms with E-state index >= 15 is 0 Å². The summed E-state index contributed by atoms with van der Waals surface area (Å²) in [7, 11) is 0. The summed E-state index contributed by atoms with van der Waals surface area (Å²) in [4.78, 5) is 23.9.